The fourth-order valence-corrected chi connectivity index (χ4v) is 1.80. The number of ether oxygens (including phenoxy) is 1. The average Bonchev–Trinajstić information content (AvgIpc) is 2.18. The normalized spacial score (nSPS) is 23.9. The van der Waals surface area contributed by atoms with Gasteiger partial charge in [0.15, 0.2) is 0 Å². The molecule has 0 aromatic carbocycles. The third-order valence-corrected chi connectivity index (χ3v) is 2.90. The highest BCUT2D eigenvalue weighted by molar-refractivity contribution is 5.75. The van der Waals surface area contributed by atoms with E-state index in [1.165, 1.54) is 12.0 Å². The van der Waals surface area contributed by atoms with E-state index >= 15 is 0 Å². The molecule has 80 valence electrons. The summed E-state index contributed by atoms with van der Waals surface area (Å²) in [4.78, 5) is 11.5. The highest BCUT2D eigenvalue weighted by Crippen LogP contribution is 2.28. The zero-order valence-corrected chi connectivity index (χ0v) is 9.38. The lowest BCUT2D eigenvalue weighted by atomic mass is 9.85. The van der Waals surface area contributed by atoms with Gasteiger partial charge in [0.1, 0.15) is 0 Å². The molecule has 0 heterocycles. The molecule has 0 aromatic rings. The molecule has 1 aliphatic carbocycles. The van der Waals surface area contributed by atoms with Crippen LogP contribution in [0.3, 0.4) is 0 Å². The van der Waals surface area contributed by atoms with Gasteiger partial charge in [0.25, 0.3) is 0 Å². The maximum absolute atomic E-state index is 11.5. The van der Waals surface area contributed by atoms with Crippen molar-refractivity contribution < 1.29 is 9.53 Å². The van der Waals surface area contributed by atoms with Gasteiger partial charge in [-0.2, -0.15) is 0 Å². The lowest BCUT2D eigenvalue weighted by Crippen LogP contribution is -2.19. The Morgan fingerprint density at radius 3 is 2.93 bits per heavy atom. The largest absolute Gasteiger partial charge is 0.466 e. The molecule has 0 fully saturated rings. The van der Waals surface area contributed by atoms with Gasteiger partial charge in [0.05, 0.1) is 12.5 Å². The minimum atomic E-state index is -0.0756. The van der Waals surface area contributed by atoms with Gasteiger partial charge in [0, 0.05) is 0 Å². The summed E-state index contributed by atoms with van der Waals surface area (Å²) in [6, 6.07) is 0. The number of hydrogen-bond donors (Lipinski definition) is 0. The van der Waals surface area contributed by atoms with E-state index in [1.807, 2.05) is 13.8 Å². The van der Waals surface area contributed by atoms with E-state index in [0.717, 1.165) is 18.8 Å². The van der Waals surface area contributed by atoms with Crippen molar-refractivity contribution in [3.8, 4) is 0 Å². The zero-order valence-electron chi connectivity index (χ0n) is 9.38. The van der Waals surface area contributed by atoms with Gasteiger partial charge >= 0.3 is 5.97 Å². The molecular formula is C12H20O2. The van der Waals surface area contributed by atoms with Gasteiger partial charge in [-0.25, -0.2) is 0 Å². The van der Waals surface area contributed by atoms with Crippen molar-refractivity contribution >= 4 is 5.97 Å². The third-order valence-electron chi connectivity index (χ3n) is 2.90. The number of allylic oxidation sites excluding steroid dienone is 1. The van der Waals surface area contributed by atoms with Crippen LogP contribution in [0, 0.1) is 11.8 Å². The second kappa shape index (κ2) is 5.18. The lowest BCUT2D eigenvalue weighted by Gasteiger charge is -2.21. The molecule has 0 aromatic heterocycles. The molecule has 0 aliphatic heterocycles. The van der Waals surface area contributed by atoms with Crippen LogP contribution in [0.25, 0.3) is 0 Å². The van der Waals surface area contributed by atoms with Gasteiger partial charge in [-0.1, -0.05) is 18.6 Å². The highest BCUT2D eigenvalue weighted by Gasteiger charge is 2.21. The van der Waals surface area contributed by atoms with Crippen LogP contribution < -0.4 is 0 Å². The number of hydrogen-bond acceptors (Lipinski definition) is 2. The maximum atomic E-state index is 11.5. The van der Waals surface area contributed by atoms with Crippen LogP contribution in [0.1, 0.15) is 40.0 Å². The van der Waals surface area contributed by atoms with E-state index in [1.54, 1.807) is 0 Å². The van der Waals surface area contributed by atoms with Gasteiger partial charge in [-0.15, -0.1) is 0 Å². The Bertz CT molecular complexity index is 230. The van der Waals surface area contributed by atoms with Crippen LogP contribution in [0.5, 0.6) is 0 Å². The zero-order chi connectivity index (χ0) is 10.6. The fraction of sp³-hybridized carbons (Fsp3) is 0.750. The van der Waals surface area contributed by atoms with Crippen molar-refractivity contribution in [2.75, 3.05) is 6.61 Å². The van der Waals surface area contributed by atoms with E-state index in [0.29, 0.717) is 6.61 Å². The molecule has 0 spiro atoms. The molecule has 1 rings (SSSR count). The first-order chi connectivity index (χ1) is 6.65. The molecule has 0 saturated carbocycles. The molecule has 2 unspecified atom stereocenters. The second-order valence-corrected chi connectivity index (χ2v) is 4.13. The predicted molar refractivity (Wildman–Crippen MR) is 56.9 cm³/mol. The number of rotatable bonds is 3. The molecule has 0 radical (unpaired) electrons. The first-order valence-corrected chi connectivity index (χ1v) is 5.50. The SMILES string of the molecule is CCOC(=O)C(C)C1=CCC(C)CC1. The lowest BCUT2D eigenvalue weighted by molar-refractivity contribution is -0.146. The van der Waals surface area contributed by atoms with Crippen LogP contribution in [-0.2, 0) is 9.53 Å². The summed E-state index contributed by atoms with van der Waals surface area (Å²) in [6.45, 7) is 6.52. The summed E-state index contributed by atoms with van der Waals surface area (Å²) in [5, 5.41) is 0. The first-order valence-electron chi connectivity index (χ1n) is 5.50. The summed E-state index contributed by atoms with van der Waals surface area (Å²) < 4.78 is 5.00. The quantitative estimate of drug-likeness (QED) is 0.512. The van der Waals surface area contributed by atoms with Gasteiger partial charge < -0.3 is 4.74 Å². The molecule has 0 bridgehead atoms. The third kappa shape index (κ3) is 2.86. The predicted octanol–water partition coefficient (Wildman–Crippen LogP) is 2.93. The number of carbonyl (C=O) groups excluding carboxylic acids is 1. The van der Waals surface area contributed by atoms with Crippen molar-refractivity contribution in [3.05, 3.63) is 11.6 Å². The molecule has 0 saturated heterocycles. The molecular weight excluding hydrogens is 176 g/mol. The Hall–Kier alpha value is -0.790. The summed E-state index contributed by atoms with van der Waals surface area (Å²) in [7, 11) is 0. The van der Waals surface area contributed by atoms with Crippen molar-refractivity contribution in [2.45, 2.75) is 40.0 Å². The Balaban J connectivity index is 2.52. The van der Waals surface area contributed by atoms with Crippen LogP contribution in [0.2, 0.25) is 0 Å². The standard InChI is InChI=1S/C12H20O2/c1-4-14-12(13)10(3)11-7-5-9(2)6-8-11/h7,9-10H,4-6,8H2,1-3H3. The molecule has 2 nitrogen and oxygen atoms in total. The number of carbonyl (C=O) groups is 1. The second-order valence-electron chi connectivity index (χ2n) is 4.13. The molecule has 1 aliphatic rings. The molecule has 14 heavy (non-hydrogen) atoms. The van der Waals surface area contributed by atoms with Crippen LogP contribution in [0.4, 0.5) is 0 Å². The first kappa shape index (κ1) is 11.3. The van der Waals surface area contributed by atoms with E-state index in [2.05, 4.69) is 13.0 Å². The Morgan fingerprint density at radius 2 is 2.43 bits per heavy atom. The van der Waals surface area contributed by atoms with Crippen LogP contribution in [-0.4, -0.2) is 12.6 Å². The highest BCUT2D eigenvalue weighted by atomic mass is 16.5. The molecule has 0 N–H and O–H groups in total. The molecule has 0 amide bonds. The topological polar surface area (TPSA) is 26.3 Å². The van der Waals surface area contributed by atoms with Gasteiger partial charge in [0.2, 0.25) is 0 Å². The van der Waals surface area contributed by atoms with Crippen molar-refractivity contribution in [3.63, 3.8) is 0 Å². The van der Waals surface area contributed by atoms with Crippen molar-refractivity contribution in [2.24, 2.45) is 11.8 Å². The molecule has 2 heteroatoms. The van der Waals surface area contributed by atoms with Crippen LogP contribution in [0.15, 0.2) is 11.6 Å². The maximum Gasteiger partial charge on any atom is 0.312 e. The van der Waals surface area contributed by atoms with E-state index in [-0.39, 0.29) is 11.9 Å². The van der Waals surface area contributed by atoms with E-state index in [9.17, 15) is 4.79 Å². The minimum absolute atomic E-state index is 0.0394. The Labute approximate surface area is 86.3 Å². The summed E-state index contributed by atoms with van der Waals surface area (Å²) in [5.74, 6) is 0.656. The number of esters is 1. The fourth-order valence-electron chi connectivity index (χ4n) is 1.80. The summed E-state index contributed by atoms with van der Waals surface area (Å²) in [5.41, 5.74) is 1.27. The molecule has 2 atom stereocenters. The van der Waals surface area contributed by atoms with E-state index in [4.69, 9.17) is 4.74 Å². The van der Waals surface area contributed by atoms with Gasteiger partial charge in [-0.3, -0.25) is 4.79 Å². The van der Waals surface area contributed by atoms with E-state index < -0.39 is 0 Å². The Morgan fingerprint density at radius 1 is 1.71 bits per heavy atom. The Kier molecular flexibility index (Phi) is 4.18. The van der Waals surface area contributed by atoms with Gasteiger partial charge in [-0.05, 0) is 39.0 Å². The summed E-state index contributed by atoms with van der Waals surface area (Å²) >= 11 is 0. The van der Waals surface area contributed by atoms with Crippen molar-refractivity contribution in [1.29, 1.82) is 0 Å². The van der Waals surface area contributed by atoms with Crippen molar-refractivity contribution in [1.82, 2.24) is 0 Å². The minimum Gasteiger partial charge on any atom is -0.466 e. The average molecular weight is 196 g/mol. The van der Waals surface area contributed by atoms with Crippen LogP contribution >= 0.6 is 0 Å². The summed E-state index contributed by atoms with van der Waals surface area (Å²) in [6.07, 6.45) is 5.59. The smallest absolute Gasteiger partial charge is 0.312 e. The monoisotopic (exact) mass is 196 g/mol.